The van der Waals surface area contributed by atoms with Crippen LogP contribution in [-0.4, -0.2) is 111 Å². The van der Waals surface area contributed by atoms with E-state index >= 15 is 0 Å². The lowest BCUT2D eigenvalue weighted by Crippen LogP contribution is -2.49. The van der Waals surface area contributed by atoms with Crippen LogP contribution >= 0.6 is 0 Å². The number of anilines is 2. The number of carbonyl (C=O) groups is 2. The maximum absolute atomic E-state index is 12.1. The molecule has 58 heavy (non-hydrogen) atoms. The quantitative estimate of drug-likeness (QED) is 0.140. The molecule has 4 N–H and O–H groups in total. The molecule has 4 saturated heterocycles. The SMILES string of the molecule is Nc1ncnc2c1c(-c1ccc(Cc3ccccc3)cc1)nn2C1CCN(C2CCN(CCN3CCC(c4ccc(NC5CCC(=O)NC5=O)cc4)CC3)CC2)CC1. The minimum atomic E-state index is -0.349. The second-order valence-corrected chi connectivity index (χ2v) is 16.8. The highest BCUT2D eigenvalue weighted by Gasteiger charge is 2.32. The first kappa shape index (κ1) is 38.4. The van der Waals surface area contributed by atoms with Crippen molar-refractivity contribution >= 4 is 34.4 Å². The molecule has 2 aromatic heterocycles. The van der Waals surface area contributed by atoms with Crippen molar-refractivity contribution < 1.29 is 9.59 Å². The molecule has 1 atom stereocenters. The Bertz CT molecular complexity index is 2170. The third-order valence-electron chi connectivity index (χ3n) is 13.2. The van der Waals surface area contributed by atoms with Gasteiger partial charge in [-0.3, -0.25) is 14.9 Å². The Hall–Kier alpha value is -5.17. The van der Waals surface area contributed by atoms with Crippen LogP contribution in [0.2, 0.25) is 0 Å². The van der Waals surface area contributed by atoms with Crippen LogP contribution in [0.3, 0.4) is 0 Å². The second kappa shape index (κ2) is 17.4. The van der Waals surface area contributed by atoms with Crippen LogP contribution in [0, 0.1) is 0 Å². The number of likely N-dealkylation sites (tertiary alicyclic amines) is 3. The van der Waals surface area contributed by atoms with E-state index in [9.17, 15) is 9.59 Å². The molecule has 6 heterocycles. The van der Waals surface area contributed by atoms with E-state index < -0.39 is 0 Å². The van der Waals surface area contributed by atoms with Gasteiger partial charge in [0.1, 0.15) is 23.9 Å². The van der Waals surface area contributed by atoms with Gasteiger partial charge in [0.15, 0.2) is 5.65 Å². The third-order valence-corrected chi connectivity index (χ3v) is 13.2. The Morgan fingerprint density at radius 2 is 1.36 bits per heavy atom. The molecule has 0 spiro atoms. The highest BCUT2D eigenvalue weighted by Crippen LogP contribution is 2.35. The van der Waals surface area contributed by atoms with E-state index in [2.05, 4.69) is 114 Å². The second-order valence-electron chi connectivity index (χ2n) is 16.8. The molecule has 3 aromatic carbocycles. The topological polar surface area (TPSA) is 138 Å². The summed E-state index contributed by atoms with van der Waals surface area (Å²) in [7, 11) is 0. The molecule has 9 rings (SSSR count). The van der Waals surface area contributed by atoms with Crippen molar-refractivity contribution in [2.45, 2.75) is 81.8 Å². The molecular weight excluding hydrogens is 725 g/mol. The van der Waals surface area contributed by atoms with Crippen LogP contribution in [0.15, 0.2) is 85.2 Å². The van der Waals surface area contributed by atoms with Crippen LogP contribution in [0.4, 0.5) is 11.5 Å². The number of fused-ring (bicyclic) bond motifs is 1. The average molecular weight is 781 g/mol. The van der Waals surface area contributed by atoms with Gasteiger partial charge in [0.05, 0.1) is 11.4 Å². The van der Waals surface area contributed by atoms with E-state index in [1.807, 2.05) is 0 Å². The molecule has 1 unspecified atom stereocenters. The number of nitrogens with two attached hydrogens (primary N) is 1. The summed E-state index contributed by atoms with van der Waals surface area (Å²) in [6.45, 7) is 9.07. The Kier molecular flexibility index (Phi) is 11.5. The van der Waals surface area contributed by atoms with E-state index in [1.54, 1.807) is 6.33 Å². The summed E-state index contributed by atoms with van der Waals surface area (Å²) in [4.78, 5) is 40.7. The zero-order valence-corrected chi connectivity index (χ0v) is 33.4. The van der Waals surface area contributed by atoms with Crippen molar-refractivity contribution in [3.05, 3.63) is 102 Å². The molecular formula is C46H56N10O2. The van der Waals surface area contributed by atoms with Crippen LogP contribution in [0.25, 0.3) is 22.3 Å². The van der Waals surface area contributed by atoms with Gasteiger partial charge in [-0.2, -0.15) is 5.10 Å². The maximum Gasteiger partial charge on any atom is 0.249 e. The van der Waals surface area contributed by atoms with Gasteiger partial charge in [-0.05, 0) is 112 Å². The van der Waals surface area contributed by atoms with Gasteiger partial charge in [-0.1, -0.05) is 66.7 Å². The predicted molar refractivity (Wildman–Crippen MR) is 228 cm³/mol. The van der Waals surface area contributed by atoms with Gasteiger partial charge < -0.3 is 25.8 Å². The minimum absolute atomic E-state index is 0.186. The first-order valence-corrected chi connectivity index (χ1v) is 21.4. The fourth-order valence-corrected chi connectivity index (χ4v) is 9.72. The largest absolute Gasteiger partial charge is 0.383 e. The van der Waals surface area contributed by atoms with Crippen molar-refractivity contribution in [2.24, 2.45) is 0 Å². The number of carbonyl (C=O) groups excluding carboxylic acids is 2. The first-order valence-electron chi connectivity index (χ1n) is 21.4. The summed E-state index contributed by atoms with van der Waals surface area (Å²) in [5, 5.41) is 11.8. The summed E-state index contributed by atoms with van der Waals surface area (Å²) in [6.07, 6.45) is 10.3. The number of hydrogen-bond acceptors (Lipinski definition) is 10. The number of rotatable bonds is 11. The summed E-state index contributed by atoms with van der Waals surface area (Å²) < 4.78 is 2.14. The number of hydrogen-bond donors (Lipinski definition) is 3. The van der Waals surface area contributed by atoms with Crippen molar-refractivity contribution in [3.8, 4) is 11.3 Å². The van der Waals surface area contributed by atoms with Crippen molar-refractivity contribution in [1.82, 2.24) is 39.8 Å². The number of nitrogen functional groups attached to an aromatic ring is 1. The number of nitrogens with one attached hydrogen (secondary N) is 2. The van der Waals surface area contributed by atoms with Crippen LogP contribution in [0.1, 0.15) is 80.0 Å². The fraction of sp³-hybridized carbons (Fsp3) is 0.457. The number of aromatic nitrogens is 4. The van der Waals surface area contributed by atoms with E-state index in [0.29, 0.717) is 30.6 Å². The zero-order chi connectivity index (χ0) is 39.4. The third kappa shape index (κ3) is 8.64. The van der Waals surface area contributed by atoms with Crippen LogP contribution < -0.4 is 16.4 Å². The van der Waals surface area contributed by atoms with E-state index in [4.69, 9.17) is 15.8 Å². The Balaban J connectivity index is 0.719. The number of piperidine rings is 4. The Morgan fingerprint density at radius 1 is 0.707 bits per heavy atom. The molecule has 0 radical (unpaired) electrons. The lowest BCUT2D eigenvalue weighted by atomic mass is 9.89. The van der Waals surface area contributed by atoms with Crippen LogP contribution in [0.5, 0.6) is 0 Å². The van der Waals surface area contributed by atoms with Gasteiger partial charge in [-0.25, -0.2) is 14.6 Å². The molecule has 4 fully saturated rings. The average Bonchev–Trinajstić information content (AvgIpc) is 3.66. The summed E-state index contributed by atoms with van der Waals surface area (Å²) in [6, 6.07) is 28.4. The normalized spacial score (nSPS) is 21.1. The molecule has 0 aliphatic carbocycles. The van der Waals surface area contributed by atoms with E-state index in [0.717, 1.165) is 86.5 Å². The zero-order valence-electron chi connectivity index (χ0n) is 33.4. The van der Waals surface area contributed by atoms with Crippen molar-refractivity contribution in [1.29, 1.82) is 0 Å². The monoisotopic (exact) mass is 780 g/mol. The number of benzene rings is 3. The molecule has 12 nitrogen and oxygen atoms in total. The van der Waals surface area contributed by atoms with Gasteiger partial charge in [0, 0.05) is 49.9 Å². The number of amides is 2. The maximum atomic E-state index is 12.1. The smallest absolute Gasteiger partial charge is 0.249 e. The van der Waals surface area contributed by atoms with E-state index in [-0.39, 0.29) is 23.9 Å². The highest BCUT2D eigenvalue weighted by molar-refractivity contribution is 6.01. The van der Waals surface area contributed by atoms with E-state index in [1.165, 1.54) is 55.5 Å². The summed E-state index contributed by atoms with van der Waals surface area (Å²) in [5.41, 5.74) is 14.1. The molecule has 0 saturated carbocycles. The molecule has 4 aliphatic heterocycles. The molecule has 12 heteroatoms. The van der Waals surface area contributed by atoms with Gasteiger partial charge in [0.25, 0.3) is 0 Å². The Labute approximate surface area is 341 Å². The summed E-state index contributed by atoms with van der Waals surface area (Å²) in [5.74, 6) is 0.639. The predicted octanol–water partition coefficient (Wildman–Crippen LogP) is 5.86. The highest BCUT2D eigenvalue weighted by atomic mass is 16.2. The Morgan fingerprint density at radius 3 is 2.05 bits per heavy atom. The van der Waals surface area contributed by atoms with Crippen LogP contribution in [-0.2, 0) is 16.0 Å². The molecule has 4 aliphatic rings. The number of imide groups is 1. The minimum Gasteiger partial charge on any atom is -0.383 e. The lowest BCUT2D eigenvalue weighted by molar-refractivity contribution is -0.133. The standard InChI is InChI=1S/C46H56N10O2/c47-44-42-43(36-8-6-33(7-9-36)30-32-4-2-1-3-5-32)52-56(45(42)49-31-48-44)39-20-26-55(27-21-39)38-18-24-54(25-19-38)29-28-53-22-16-35(17-23-53)34-10-12-37(13-11-34)50-40-14-15-41(57)51-46(40)58/h1-13,31,35,38-40,50H,14-30H2,(H2,47,48,49)(H,51,57,58). The molecule has 2 amide bonds. The van der Waals surface area contributed by atoms with Crippen molar-refractivity contribution in [2.75, 3.05) is 63.4 Å². The fourth-order valence-electron chi connectivity index (χ4n) is 9.72. The summed E-state index contributed by atoms with van der Waals surface area (Å²) >= 11 is 0. The van der Waals surface area contributed by atoms with Gasteiger partial charge in [-0.15, -0.1) is 0 Å². The lowest BCUT2D eigenvalue weighted by Gasteiger charge is -2.42. The van der Waals surface area contributed by atoms with Gasteiger partial charge in [0.2, 0.25) is 11.8 Å². The molecule has 0 bridgehead atoms. The van der Waals surface area contributed by atoms with Crippen molar-refractivity contribution in [3.63, 3.8) is 0 Å². The first-order chi connectivity index (χ1) is 28.4. The molecule has 302 valence electrons. The number of nitrogens with zero attached hydrogens (tertiary/aromatic N) is 7. The van der Waals surface area contributed by atoms with Gasteiger partial charge >= 0.3 is 0 Å². The molecule has 5 aromatic rings.